The van der Waals surface area contributed by atoms with E-state index >= 15 is 0 Å². The molecule has 1 fully saturated rings. The van der Waals surface area contributed by atoms with Crippen LogP contribution in [0.15, 0.2) is 22.7 Å². The van der Waals surface area contributed by atoms with E-state index < -0.39 is 5.82 Å². The van der Waals surface area contributed by atoms with Gasteiger partial charge in [0.1, 0.15) is 0 Å². The molecule has 0 bridgehead atoms. The second-order valence-electron chi connectivity index (χ2n) is 4.48. The zero-order chi connectivity index (χ0) is 13.8. The van der Waals surface area contributed by atoms with E-state index in [0.29, 0.717) is 17.6 Å². The van der Waals surface area contributed by atoms with Gasteiger partial charge in [0.15, 0.2) is 18.2 Å². The van der Waals surface area contributed by atoms with Crippen molar-refractivity contribution >= 4 is 21.8 Å². The number of ether oxygens (including phenoxy) is 1. The zero-order valence-electron chi connectivity index (χ0n) is 10.4. The summed E-state index contributed by atoms with van der Waals surface area (Å²) in [4.78, 5) is 13.7. The van der Waals surface area contributed by atoms with Crippen LogP contribution in [0.4, 0.5) is 4.39 Å². The van der Waals surface area contributed by atoms with Crippen LogP contribution < -0.4 is 10.5 Å². The maximum atomic E-state index is 13.5. The SMILES string of the molecule is NC[C@H]1CCCN1C(=O)COc1ccc(Br)cc1F. The first-order valence-corrected chi connectivity index (χ1v) is 6.98. The molecular formula is C13H16BrFN2O2. The molecule has 0 aromatic heterocycles. The lowest BCUT2D eigenvalue weighted by Gasteiger charge is -2.23. The van der Waals surface area contributed by atoms with Crippen molar-refractivity contribution in [2.75, 3.05) is 19.7 Å². The molecule has 1 aromatic carbocycles. The molecular weight excluding hydrogens is 315 g/mol. The number of hydrogen-bond donors (Lipinski definition) is 1. The summed E-state index contributed by atoms with van der Waals surface area (Å²) >= 11 is 3.16. The summed E-state index contributed by atoms with van der Waals surface area (Å²) in [6, 6.07) is 4.56. The molecule has 1 aliphatic heterocycles. The standard InChI is InChI=1S/C13H16BrFN2O2/c14-9-3-4-12(11(15)6-9)19-8-13(18)17-5-1-2-10(17)7-16/h3-4,6,10H,1-2,5,7-8,16H2/t10-/m1/s1. The second-order valence-corrected chi connectivity index (χ2v) is 5.40. The molecule has 1 aliphatic rings. The van der Waals surface area contributed by atoms with E-state index in [-0.39, 0.29) is 24.3 Å². The van der Waals surface area contributed by atoms with Crippen LogP contribution in [0.5, 0.6) is 5.75 Å². The fraction of sp³-hybridized carbons (Fsp3) is 0.462. The van der Waals surface area contributed by atoms with Crippen molar-refractivity contribution in [1.82, 2.24) is 4.90 Å². The molecule has 1 atom stereocenters. The highest BCUT2D eigenvalue weighted by atomic mass is 79.9. The number of amides is 1. The molecule has 6 heteroatoms. The first-order valence-electron chi connectivity index (χ1n) is 6.19. The van der Waals surface area contributed by atoms with Gasteiger partial charge in [0, 0.05) is 23.6 Å². The van der Waals surface area contributed by atoms with Gasteiger partial charge in [-0.3, -0.25) is 4.79 Å². The summed E-state index contributed by atoms with van der Waals surface area (Å²) in [5.74, 6) is -0.547. The highest BCUT2D eigenvalue weighted by Crippen LogP contribution is 2.22. The highest BCUT2D eigenvalue weighted by molar-refractivity contribution is 9.10. The van der Waals surface area contributed by atoms with Crippen molar-refractivity contribution in [3.63, 3.8) is 0 Å². The van der Waals surface area contributed by atoms with Crippen molar-refractivity contribution in [2.24, 2.45) is 5.73 Å². The average Bonchev–Trinajstić information content (AvgIpc) is 2.85. The van der Waals surface area contributed by atoms with E-state index in [2.05, 4.69) is 15.9 Å². The molecule has 104 valence electrons. The zero-order valence-corrected chi connectivity index (χ0v) is 12.0. The third-order valence-corrected chi connectivity index (χ3v) is 3.71. The van der Waals surface area contributed by atoms with Crippen LogP contribution in [-0.2, 0) is 4.79 Å². The van der Waals surface area contributed by atoms with E-state index in [1.807, 2.05) is 0 Å². The first-order chi connectivity index (χ1) is 9.11. The normalized spacial score (nSPS) is 18.7. The Morgan fingerprint density at radius 2 is 2.37 bits per heavy atom. The van der Waals surface area contributed by atoms with E-state index in [0.717, 1.165) is 12.8 Å². The maximum absolute atomic E-state index is 13.5. The van der Waals surface area contributed by atoms with Crippen LogP contribution in [0.25, 0.3) is 0 Å². The molecule has 4 nitrogen and oxygen atoms in total. The third-order valence-electron chi connectivity index (χ3n) is 3.21. The van der Waals surface area contributed by atoms with E-state index in [1.165, 1.54) is 12.1 Å². The summed E-state index contributed by atoms with van der Waals surface area (Å²) < 4.78 is 19.4. The predicted octanol–water partition coefficient (Wildman–Crippen LogP) is 1.92. The highest BCUT2D eigenvalue weighted by Gasteiger charge is 2.27. The minimum absolute atomic E-state index is 0.0834. The van der Waals surface area contributed by atoms with Crippen LogP contribution in [0, 0.1) is 5.82 Å². The molecule has 1 amide bonds. The van der Waals surface area contributed by atoms with Crippen molar-refractivity contribution in [3.8, 4) is 5.75 Å². The Bertz CT molecular complexity index is 470. The van der Waals surface area contributed by atoms with Crippen LogP contribution >= 0.6 is 15.9 Å². The molecule has 2 N–H and O–H groups in total. The summed E-state index contributed by atoms with van der Waals surface area (Å²) in [5, 5.41) is 0. The Morgan fingerprint density at radius 3 is 3.05 bits per heavy atom. The molecule has 0 spiro atoms. The Kier molecular flexibility index (Phi) is 4.76. The van der Waals surface area contributed by atoms with Crippen molar-refractivity contribution in [2.45, 2.75) is 18.9 Å². The maximum Gasteiger partial charge on any atom is 0.260 e. The van der Waals surface area contributed by atoms with E-state index in [1.54, 1.807) is 11.0 Å². The Morgan fingerprint density at radius 1 is 1.58 bits per heavy atom. The lowest BCUT2D eigenvalue weighted by atomic mass is 10.2. The molecule has 1 saturated heterocycles. The smallest absolute Gasteiger partial charge is 0.260 e. The summed E-state index contributed by atoms with van der Waals surface area (Å²) in [5.41, 5.74) is 5.61. The first kappa shape index (κ1) is 14.3. The van der Waals surface area contributed by atoms with Gasteiger partial charge in [-0.05, 0) is 31.0 Å². The average molecular weight is 331 g/mol. The molecule has 0 radical (unpaired) electrons. The number of likely N-dealkylation sites (tertiary alicyclic amines) is 1. The van der Waals surface area contributed by atoms with E-state index in [9.17, 15) is 9.18 Å². The van der Waals surface area contributed by atoms with Crippen LogP contribution in [0.3, 0.4) is 0 Å². The molecule has 1 aromatic rings. The summed E-state index contributed by atoms with van der Waals surface area (Å²) in [6.07, 6.45) is 1.88. The summed E-state index contributed by atoms with van der Waals surface area (Å²) in [6.45, 7) is 1.00. The largest absolute Gasteiger partial charge is 0.481 e. The van der Waals surface area contributed by atoms with Gasteiger partial charge in [0.2, 0.25) is 0 Å². The van der Waals surface area contributed by atoms with Gasteiger partial charge in [0.25, 0.3) is 5.91 Å². The van der Waals surface area contributed by atoms with Gasteiger partial charge in [-0.1, -0.05) is 15.9 Å². The number of rotatable bonds is 4. The minimum atomic E-state index is -0.487. The minimum Gasteiger partial charge on any atom is -0.481 e. The Balaban J connectivity index is 1.93. The van der Waals surface area contributed by atoms with Crippen LogP contribution in [0.2, 0.25) is 0 Å². The number of benzene rings is 1. The molecule has 0 saturated carbocycles. The fourth-order valence-corrected chi connectivity index (χ4v) is 2.56. The molecule has 2 rings (SSSR count). The third kappa shape index (κ3) is 3.45. The lowest BCUT2D eigenvalue weighted by molar-refractivity contribution is -0.134. The van der Waals surface area contributed by atoms with E-state index in [4.69, 9.17) is 10.5 Å². The van der Waals surface area contributed by atoms with Gasteiger partial charge in [0.05, 0.1) is 0 Å². The quantitative estimate of drug-likeness (QED) is 0.917. The molecule has 0 unspecified atom stereocenters. The number of halogens is 2. The summed E-state index contributed by atoms with van der Waals surface area (Å²) in [7, 11) is 0. The number of nitrogens with two attached hydrogens (primary N) is 1. The van der Waals surface area contributed by atoms with Crippen LogP contribution in [0.1, 0.15) is 12.8 Å². The number of nitrogens with zero attached hydrogens (tertiary/aromatic N) is 1. The van der Waals surface area contributed by atoms with Crippen molar-refractivity contribution in [1.29, 1.82) is 0 Å². The molecule has 19 heavy (non-hydrogen) atoms. The molecule has 0 aliphatic carbocycles. The Hall–Kier alpha value is -1.14. The fourth-order valence-electron chi connectivity index (χ4n) is 2.22. The monoisotopic (exact) mass is 330 g/mol. The van der Waals surface area contributed by atoms with Gasteiger partial charge in [-0.2, -0.15) is 0 Å². The van der Waals surface area contributed by atoms with Gasteiger partial charge in [-0.25, -0.2) is 4.39 Å². The second kappa shape index (κ2) is 6.34. The van der Waals surface area contributed by atoms with Crippen molar-refractivity contribution in [3.05, 3.63) is 28.5 Å². The number of hydrogen-bond acceptors (Lipinski definition) is 3. The van der Waals surface area contributed by atoms with Gasteiger partial charge >= 0.3 is 0 Å². The lowest BCUT2D eigenvalue weighted by Crippen LogP contribution is -2.42. The number of carbonyl (C=O) groups excluding carboxylic acids is 1. The van der Waals surface area contributed by atoms with Gasteiger partial charge < -0.3 is 15.4 Å². The van der Waals surface area contributed by atoms with Gasteiger partial charge in [-0.15, -0.1) is 0 Å². The Labute approximate surface area is 119 Å². The van der Waals surface area contributed by atoms with Crippen molar-refractivity contribution < 1.29 is 13.9 Å². The predicted molar refractivity (Wildman–Crippen MR) is 73.4 cm³/mol. The molecule has 1 heterocycles. The van der Waals surface area contributed by atoms with Crippen LogP contribution in [-0.4, -0.2) is 36.5 Å². The topological polar surface area (TPSA) is 55.6 Å². The number of carbonyl (C=O) groups is 1.